The summed E-state index contributed by atoms with van der Waals surface area (Å²) in [4.78, 5) is 16.8. The summed E-state index contributed by atoms with van der Waals surface area (Å²) in [6.45, 7) is 0. The van der Waals surface area contributed by atoms with E-state index >= 15 is 0 Å². The van der Waals surface area contributed by atoms with Gasteiger partial charge < -0.3 is 5.73 Å². The molecule has 0 unspecified atom stereocenters. The van der Waals surface area contributed by atoms with Gasteiger partial charge in [0.1, 0.15) is 5.56 Å². The predicted molar refractivity (Wildman–Crippen MR) is 63.5 cm³/mol. The lowest BCUT2D eigenvalue weighted by Crippen LogP contribution is -2.11. The number of benzene rings is 1. The van der Waals surface area contributed by atoms with Crippen molar-refractivity contribution in [3.05, 3.63) is 46.1 Å². The first-order chi connectivity index (χ1) is 9.29. The monoisotopic (exact) mass is 284 g/mol. The fourth-order valence-electron chi connectivity index (χ4n) is 1.59. The summed E-state index contributed by atoms with van der Waals surface area (Å²) < 4.78 is 38.6. The largest absolute Gasteiger partial charge is 0.419 e. The number of nitrogens with two attached hydrogens (primary N) is 1. The van der Waals surface area contributed by atoms with Crippen molar-refractivity contribution in [3.8, 4) is 11.3 Å². The second-order valence-electron chi connectivity index (χ2n) is 3.80. The molecule has 2 rings (SSSR count). The molecule has 0 bridgehead atoms. The highest BCUT2D eigenvalue weighted by molar-refractivity contribution is 5.67. The maximum Gasteiger partial charge on any atom is 0.419 e. The van der Waals surface area contributed by atoms with Gasteiger partial charge in [-0.25, -0.2) is 9.97 Å². The third-order valence-electron chi connectivity index (χ3n) is 2.44. The predicted octanol–water partition coefficient (Wildman–Crippen LogP) is 2.65. The number of alkyl halides is 3. The second kappa shape index (κ2) is 4.76. The average molecular weight is 284 g/mol. The van der Waals surface area contributed by atoms with Crippen LogP contribution in [0, 0.1) is 10.1 Å². The van der Waals surface area contributed by atoms with Crippen LogP contribution in [0.25, 0.3) is 11.3 Å². The molecule has 0 saturated heterocycles. The zero-order valence-corrected chi connectivity index (χ0v) is 9.76. The molecule has 0 radical (unpaired) electrons. The third kappa shape index (κ3) is 2.66. The van der Waals surface area contributed by atoms with E-state index < -0.39 is 22.4 Å². The molecule has 2 N–H and O–H groups in total. The Kier molecular flexibility index (Phi) is 3.26. The molecule has 0 saturated carbocycles. The lowest BCUT2D eigenvalue weighted by Gasteiger charge is -2.11. The summed E-state index contributed by atoms with van der Waals surface area (Å²) in [6, 6.07) is 4.72. The summed E-state index contributed by atoms with van der Waals surface area (Å²) in [6.07, 6.45) is -4.13. The number of nitrogens with zero attached hydrogens (tertiary/aromatic N) is 3. The van der Waals surface area contributed by atoms with Crippen LogP contribution < -0.4 is 5.73 Å². The highest BCUT2D eigenvalue weighted by atomic mass is 19.4. The lowest BCUT2D eigenvalue weighted by atomic mass is 10.1. The van der Waals surface area contributed by atoms with Crippen LogP contribution >= 0.6 is 0 Å². The Balaban J connectivity index is 2.65. The third-order valence-corrected chi connectivity index (χ3v) is 2.44. The highest BCUT2D eigenvalue weighted by Crippen LogP contribution is 2.36. The molecule has 2 aromatic rings. The molecule has 0 atom stereocenters. The van der Waals surface area contributed by atoms with Crippen molar-refractivity contribution in [2.75, 3.05) is 5.73 Å². The van der Waals surface area contributed by atoms with Crippen molar-refractivity contribution < 1.29 is 18.1 Å². The molecule has 20 heavy (non-hydrogen) atoms. The van der Waals surface area contributed by atoms with Gasteiger partial charge in [0.2, 0.25) is 5.95 Å². The van der Waals surface area contributed by atoms with Crippen molar-refractivity contribution in [1.29, 1.82) is 0 Å². The minimum absolute atomic E-state index is 0.0550. The quantitative estimate of drug-likeness (QED) is 0.675. The molecule has 1 heterocycles. The molecule has 0 spiro atoms. The zero-order chi connectivity index (χ0) is 14.9. The van der Waals surface area contributed by atoms with Crippen molar-refractivity contribution in [2.45, 2.75) is 6.18 Å². The highest BCUT2D eigenvalue weighted by Gasteiger charge is 2.35. The van der Waals surface area contributed by atoms with E-state index in [0.717, 1.165) is 6.07 Å². The first-order valence-corrected chi connectivity index (χ1v) is 5.23. The van der Waals surface area contributed by atoms with Gasteiger partial charge in [0, 0.05) is 23.9 Å². The molecule has 104 valence electrons. The van der Waals surface area contributed by atoms with Crippen LogP contribution in [-0.4, -0.2) is 14.9 Å². The molecule has 0 aliphatic rings. The first-order valence-electron chi connectivity index (χ1n) is 5.23. The first kappa shape index (κ1) is 13.7. The van der Waals surface area contributed by atoms with E-state index in [9.17, 15) is 23.3 Å². The molecule has 6 nitrogen and oxygen atoms in total. The Bertz CT molecular complexity index is 673. The van der Waals surface area contributed by atoms with E-state index in [0.29, 0.717) is 6.20 Å². The fourth-order valence-corrected chi connectivity index (χ4v) is 1.59. The van der Waals surface area contributed by atoms with Crippen molar-refractivity contribution in [1.82, 2.24) is 9.97 Å². The Morgan fingerprint density at radius 2 is 2.00 bits per heavy atom. The summed E-state index contributed by atoms with van der Waals surface area (Å²) in [5.41, 5.74) is 3.29. The second-order valence-corrected chi connectivity index (χ2v) is 3.80. The van der Waals surface area contributed by atoms with Crippen molar-refractivity contribution in [3.63, 3.8) is 0 Å². The SMILES string of the molecule is Nc1ncc(C(F)(F)F)c(-c2cccc([N+](=O)[O-])c2)n1. The van der Waals surface area contributed by atoms with Gasteiger partial charge in [0.15, 0.2) is 0 Å². The molecule has 1 aromatic heterocycles. The lowest BCUT2D eigenvalue weighted by molar-refractivity contribution is -0.384. The van der Waals surface area contributed by atoms with Gasteiger partial charge in [-0.1, -0.05) is 12.1 Å². The van der Waals surface area contributed by atoms with Crippen LogP contribution in [-0.2, 0) is 6.18 Å². The summed E-state index contributed by atoms with van der Waals surface area (Å²) >= 11 is 0. The number of aromatic nitrogens is 2. The standard InChI is InChI=1S/C11H7F3N4O2/c12-11(13,14)8-5-16-10(15)17-9(8)6-2-1-3-7(4-6)18(19)20/h1-5H,(H2,15,16,17). The molecular formula is C11H7F3N4O2. The van der Waals surface area contributed by atoms with Gasteiger partial charge in [0.25, 0.3) is 5.69 Å². The van der Waals surface area contributed by atoms with E-state index in [1.165, 1.54) is 18.2 Å². The maximum absolute atomic E-state index is 12.9. The Labute approximate surface area is 110 Å². The fraction of sp³-hybridized carbons (Fsp3) is 0.0909. The molecule has 9 heteroatoms. The van der Waals surface area contributed by atoms with E-state index in [-0.39, 0.29) is 17.2 Å². The Morgan fingerprint density at radius 3 is 2.60 bits per heavy atom. The van der Waals surface area contributed by atoms with Crippen LogP contribution in [0.2, 0.25) is 0 Å². The van der Waals surface area contributed by atoms with E-state index in [1.54, 1.807) is 0 Å². The van der Waals surface area contributed by atoms with Crippen LogP contribution in [0.1, 0.15) is 5.56 Å². The number of hydrogen-bond donors (Lipinski definition) is 1. The zero-order valence-electron chi connectivity index (χ0n) is 9.76. The Morgan fingerprint density at radius 1 is 1.30 bits per heavy atom. The van der Waals surface area contributed by atoms with Crippen LogP contribution in [0.15, 0.2) is 30.5 Å². The minimum Gasteiger partial charge on any atom is -0.368 e. The van der Waals surface area contributed by atoms with E-state index in [1.807, 2.05) is 0 Å². The number of hydrogen-bond acceptors (Lipinski definition) is 5. The molecule has 1 aromatic carbocycles. The number of halogens is 3. The van der Waals surface area contributed by atoms with Crippen molar-refractivity contribution in [2.24, 2.45) is 0 Å². The van der Waals surface area contributed by atoms with Gasteiger partial charge in [0.05, 0.1) is 10.6 Å². The summed E-state index contributed by atoms with van der Waals surface area (Å²) in [5, 5.41) is 10.7. The van der Waals surface area contributed by atoms with E-state index in [2.05, 4.69) is 9.97 Å². The smallest absolute Gasteiger partial charge is 0.368 e. The number of nitro benzene ring substituents is 1. The molecule has 0 aliphatic carbocycles. The average Bonchev–Trinajstić information content (AvgIpc) is 2.37. The van der Waals surface area contributed by atoms with Gasteiger partial charge >= 0.3 is 6.18 Å². The topological polar surface area (TPSA) is 94.9 Å². The minimum atomic E-state index is -4.69. The van der Waals surface area contributed by atoms with Crippen molar-refractivity contribution >= 4 is 11.6 Å². The van der Waals surface area contributed by atoms with Crippen LogP contribution in [0.4, 0.5) is 24.8 Å². The summed E-state index contributed by atoms with van der Waals surface area (Å²) in [5.74, 6) is -0.348. The van der Waals surface area contributed by atoms with E-state index in [4.69, 9.17) is 5.73 Å². The Hall–Kier alpha value is -2.71. The molecule has 0 fully saturated rings. The number of anilines is 1. The molecule has 0 aliphatic heterocycles. The van der Waals surface area contributed by atoms with Gasteiger partial charge in [-0.3, -0.25) is 10.1 Å². The molecular weight excluding hydrogens is 277 g/mol. The number of rotatable bonds is 2. The van der Waals surface area contributed by atoms with Gasteiger partial charge in [-0.05, 0) is 0 Å². The van der Waals surface area contributed by atoms with Crippen LogP contribution in [0.3, 0.4) is 0 Å². The van der Waals surface area contributed by atoms with Gasteiger partial charge in [-0.15, -0.1) is 0 Å². The number of nitrogen functional groups attached to an aromatic ring is 1. The number of nitro groups is 1. The molecule has 0 amide bonds. The maximum atomic E-state index is 12.9. The van der Waals surface area contributed by atoms with Gasteiger partial charge in [-0.2, -0.15) is 13.2 Å². The normalized spacial score (nSPS) is 11.3. The summed E-state index contributed by atoms with van der Waals surface area (Å²) in [7, 11) is 0. The van der Waals surface area contributed by atoms with Crippen LogP contribution in [0.5, 0.6) is 0 Å². The number of non-ortho nitro benzene ring substituents is 1.